The van der Waals surface area contributed by atoms with Gasteiger partial charge in [0.1, 0.15) is 5.54 Å². The van der Waals surface area contributed by atoms with E-state index in [9.17, 15) is 24.4 Å². The van der Waals surface area contributed by atoms with Crippen molar-refractivity contribution in [3.05, 3.63) is 28.1 Å². The van der Waals surface area contributed by atoms with E-state index in [2.05, 4.69) is 0 Å². The maximum absolute atomic E-state index is 14.2. The number of nitrogens with zero attached hydrogens (tertiary/aromatic N) is 2. The Morgan fingerprint density at radius 1 is 1.52 bits per heavy atom. The normalized spacial score (nSPS) is 11.1. The van der Waals surface area contributed by atoms with Gasteiger partial charge < -0.3 is 14.7 Å². The average molecular weight is 300 g/mol. The number of carboxylic acid groups (broad SMARTS) is 1. The molecule has 1 N–H and O–H groups in total. The third-order valence-corrected chi connectivity index (χ3v) is 3.25. The number of hydrogen-bond donors (Lipinski definition) is 1. The highest BCUT2D eigenvalue weighted by Gasteiger charge is 2.36. The Morgan fingerprint density at radius 2 is 2.10 bits per heavy atom. The van der Waals surface area contributed by atoms with E-state index in [1.165, 1.54) is 25.9 Å². The number of ether oxygens (including phenoxy) is 1. The highest BCUT2D eigenvalue weighted by atomic mass is 19.1. The van der Waals surface area contributed by atoms with Crippen molar-refractivity contribution in [1.82, 2.24) is 0 Å². The van der Waals surface area contributed by atoms with Crippen molar-refractivity contribution in [2.45, 2.75) is 26.3 Å². The van der Waals surface area contributed by atoms with Crippen molar-refractivity contribution < 1.29 is 24.0 Å². The highest BCUT2D eigenvalue weighted by molar-refractivity contribution is 5.83. The molecule has 7 nitrogen and oxygen atoms in total. The van der Waals surface area contributed by atoms with Crippen LogP contribution in [-0.4, -0.2) is 35.2 Å². The van der Waals surface area contributed by atoms with Crippen LogP contribution in [0, 0.1) is 15.9 Å². The SMILES string of the molecule is CCN(c1cc(OC)c([N+](=O)[O-])cc1F)C(C)(C)C(=O)O. The lowest BCUT2D eigenvalue weighted by atomic mass is 10.0. The van der Waals surface area contributed by atoms with Crippen LogP contribution in [0.4, 0.5) is 15.8 Å². The third kappa shape index (κ3) is 3.04. The van der Waals surface area contributed by atoms with E-state index in [0.717, 1.165) is 12.1 Å². The van der Waals surface area contributed by atoms with Crippen LogP contribution in [0.15, 0.2) is 12.1 Å². The third-order valence-electron chi connectivity index (χ3n) is 3.25. The number of carbonyl (C=O) groups is 1. The fourth-order valence-electron chi connectivity index (χ4n) is 2.03. The Balaban J connectivity index is 3.48. The second-order valence-electron chi connectivity index (χ2n) is 4.84. The Hall–Kier alpha value is -2.38. The van der Waals surface area contributed by atoms with Crippen molar-refractivity contribution in [3.63, 3.8) is 0 Å². The molecule has 0 saturated carbocycles. The first-order valence-corrected chi connectivity index (χ1v) is 6.19. The fraction of sp³-hybridized carbons (Fsp3) is 0.462. The van der Waals surface area contributed by atoms with Gasteiger partial charge in [-0.1, -0.05) is 0 Å². The number of likely N-dealkylation sites (N-methyl/N-ethyl adjacent to an activating group) is 1. The lowest BCUT2D eigenvalue weighted by molar-refractivity contribution is -0.385. The van der Waals surface area contributed by atoms with Gasteiger partial charge in [-0.05, 0) is 20.8 Å². The molecule has 0 aliphatic rings. The molecule has 8 heteroatoms. The summed E-state index contributed by atoms with van der Waals surface area (Å²) in [6, 6.07) is 1.87. The van der Waals surface area contributed by atoms with Crippen LogP contribution in [-0.2, 0) is 4.79 Å². The largest absolute Gasteiger partial charge is 0.490 e. The number of rotatable bonds is 6. The molecule has 21 heavy (non-hydrogen) atoms. The molecular formula is C13H17FN2O5. The van der Waals surface area contributed by atoms with Gasteiger partial charge in [-0.3, -0.25) is 10.1 Å². The zero-order chi connectivity index (χ0) is 16.4. The van der Waals surface area contributed by atoms with Gasteiger partial charge >= 0.3 is 11.7 Å². The quantitative estimate of drug-likeness (QED) is 0.640. The Kier molecular flexibility index (Phi) is 4.72. The van der Waals surface area contributed by atoms with Gasteiger partial charge in [0, 0.05) is 12.6 Å². The summed E-state index contributed by atoms with van der Waals surface area (Å²) in [6.45, 7) is 4.72. The van der Waals surface area contributed by atoms with Gasteiger partial charge in [-0.15, -0.1) is 0 Å². The van der Waals surface area contributed by atoms with Crippen LogP contribution >= 0.6 is 0 Å². The number of carboxylic acids is 1. The molecule has 116 valence electrons. The Morgan fingerprint density at radius 3 is 2.48 bits per heavy atom. The number of nitro benzene ring substituents is 1. The molecule has 0 aliphatic carbocycles. The van der Waals surface area contributed by atoms with Crippen molar-refractivity contribution >= 4 is 17.3 Å². The topological polar surface area (TPSA) is 92.9 Å². The summed E-state index contributed by atoms with van der Waals surface area (Å²) in [6.07, 6.45) is 0. The summed E-state index contributed by atoms with van der Waals surface area (Å²) >= 11 is 0. The minimum Gasteiger partial charge on any atom is -0.490 e. The van der Waals surface area contributed by atoms with Crippen molar-refractivity contribution in [2.75, 3.05) is 18.6 Å². The Bertz CT molecular complexity index is 574. The molecule has 0 fully saturated rings. The van der Waals surface area contributed by atoms with E-state index in [-0.39, 0.29) is 18.0 Å². The van der Waals surface area contributed by atoms with Crippen molar-refractivity contribution in [2.24, 2.45) is 0 Å². The fourth-order valence-corrected chi connectivity index (χ4v) is 2.03. The van der Waals surface area contributed by atoms with Gasteiger partial charge in [0.15, 0.2) is 11.6 Å². The number of nitro groups is 1. The van der Waals surface area contributed by atoms with E-state index in [1.807, 2.05) is 0 Å². The molecule has 0 unspecified atom stereocenters. The number of halogens is 1. The van der Waals surface area contributed by atoms with Crippen LogP contribution in [0.25, 0.3) is 0 Å². The van der Waals surface area contributed by atoms with Crippen molar-refractivity contribution in [1.29, 1.82) is 0 Å². The van der Waals surface area contributed by atoms with Gasteiger partial charge in [-0.25, -0.2) is 9.18 Å². The summed E-state index contributed by atoms with van der Waals surface area (Å²) in [7, 11) is 1.22. The van der Waals surface area contributed by atoms with Gasteiger partial charge in [0.2, 0.25) is 0 Å². The molecular weight excluding hydrogens is 283 g/mol. The number of hydrogen-bond acceptors (Lipinski definition) is 5. The first-order valence-electron chi connectivity index (χ1n) is 6.19. The Labute approximate surface area is 121 Å². The zero-order valence-corrected chi connectivity index (χ0v) is 12.2. The maximum Gasteiger partial charge on any atom is 0.328 e. The summed E-state index contributed by atoms with van der Waals surface area (Å²) in [4.78, 5) is 22.7. The molecule has 1 aromatic carbocycles. The summed E-state index contributed by atoms with van der Waals surface area (Å²) < 4.78 is 19.1. The first-order chi connectivity index (χ1) is 9.66. The minimum absolute atomic E-state index is 0.0626. The van der Waals surface area contributed by atoms with Crippen LogP contribution in [0.2, 0.25) is 0 Å². The second kappa shape index (κ2) is 5.94. The molecule has 0 heterocycles. The smallest absolute Gasteiger partial charge is 0.328 e. The number of anilines is 1. The van der Waals surface area contributed by atoms with Crippen LogP contribution in [0.5, 0.6) is 5.75 Å². The lowest BCUT2D eigenvalue weighted by Crippen LogP contribution is -2.50. The number of aliphatic carboxylic acids is 1. The second-order valence-corrected chi connectivity index (χ2v) is 4.84. The molecule has 0 spiro atoms. The number of methoxy groups -OCH3 is 1. The lowest BCUT2D eigenvalue weighted by Gasteiger charge is -2.36. The van der Waals surface area contributed by atoms with E-state index < -0.39 is 27.9 Å². The van der Waals surface area contributed by atoms with E-state index in [4.69, 9.17) is 4.74 Å². The predicted octanol–water partition coefficient (Wildman–Crippen LogP) is 2.43. The summed E-state index contributed by atoms with van der Waals surface area (Å²) in [5.41, 5.74) is -1.95. The maximum atomic E-state index is 14.2. The molecule has 0 amide bonds. The zero-order valence-electron chi connectivity index (χ0n) is 12.2. The van der Waals surface area contributed by atoms with Gasteiger partial charge in [0.25, 0.3) is 0 Å². The molecule has 0 bridgehead atoms. The van der Waals surface area contributed by atoms with Crippen LogP contribution in [0.3, 0.4) is 0 Å². The van der Waals surface area contributed by atoms with Crippen LogP contribution in [0.1, 0.15) is 20.8 Å². The molecule has 0 aliphatic heterocycles. The molecule has 0 radical (unpaired) electrons. The predicted molar refractivity (Wildman–Crippen MR) is 74.3 cm³/mol. The minimum atomic E-state index is -1.38. The van der Waals surface area contributed by atoms with Crippen molar-refractivity contribution in [3.8, 4) is 5.75 Å². The van der Waals surface area contributed by atoms with Crippen LogP contribution < -0.4 is 9.64 Å². The van der Waals surface area contributed by atoms with E-state index in [1.54, 1.807) is 6.92 Å². The standard InChI is InChI=1S/C13H17FN2O5/c1-5-15(13(2,3)12(17)18)9-7-11(21-4)10(16(19)20)6-8(9)14/h6-7H,5H2,1-4H3,(H,17,18). The molecule has 0 saturated heterocycles. The van der Waals surface area contributed by atoms with Gasteiger partial charge in [-0.2, -0.15) is 0 Å². The van der Waals surface area contributed by atoms with E-state index in [0.29, 0.717) is 0 Å². The van der Waals surface area contributed by atoms with Gasteiger partial charge in [0.05, 0.1) is 23.8 Å². The monoisotopic (exact) mass is 300 g/mol. The first kappa shape index (κ1) is 16.7. The average Bonchev–Trinajstić information content (AvgIpc) is 2.40. The summed E-state index contributed by atoms with van der Waals surface area (Å²) in [5, 5.41) is 20.1. The molecule has 1 rings (SSSR count). The molecule has 1 aromatic rings. The summed E-state index contributed by atoms with van der Waals surface area (Å²) in [5.74, 6) is -2.14. The highest BCUT2D eigenvalue weighted by Crippen LogP contribution is 2.36. The molecule has 0 aromatic heterocycles. The number of benzene rings is 1. The van der Waals surface area contributed by atoms with E-state index >= 15 is 0 Å². The molecule has 0 atom stereocenters.